The van der Waals surface area contributed by atoms with Crippen LogP contribution in [0, 0.1) is 11.7 Å². The minimum absolute atomic E-state index is 0.140. The Morgan fingerprint density at radius 2 is 1.95 bits per heavy atom. The van der Waals surface area contributed by atoms with Gasteiger partial charge in [-0.25, -0.2) is 14.4 Å². The quantitative estimate of drug-likeness (QED) is 0.371. The van der Waals surface area contributed by atoms with E-state index in [4.69, 9.17) is 0 Å². The Morgan fingerprint density at radius 3 is 2.58 bits per heavy atom. The molecule has 4 atom stereocenters. The van der Waals surface area contributed by atoms with Crippen LogP contribution in [0.4, 0.5) is 23.4 Å². The fourth-order valence-corrected chi connectivity index (χ4v) is 5.53. The summed E-state index contributed by atoms with van der Waals surface area (Å²) in [6.45, 7) is 5.15. The summed E-state index contributed by atoms with van der Waals surface area (Å²) in [6, 6.07) is 3.16. The minimum atomic E-state index is -5.01. The Labute approximate surface area is 218 Å². The van der Waals surface area contributed by atoms with Crippen LogP contribution in [0.2, 0.25) is 0 Å². The SMILES string of the molecule is C[C@@H]1C[C@@H](O)c2ncnc(N3CCN(C(NCC4CC4)C(C=O)c4ccc(OC(F)(F)F)c(F)c4)CC3)c21. The van der Waals surface area contributed by atoms with Gasteiger partial charge in [-0.15, -0.1) is 13.2 Å². The highest BCUT2D eigenvalue weighted by Crippen LogP contribution is 2.43. The third-order valence-corrected chi connectivity index (χ3v) is 7.65. The Kier molecular flexibility index (Phi) is 7.56. The molecule has 1 saturated carbocycles. The molecule has 2 aliphatic carbocycles. The van der Waals surface area contributed by atoms with Crippen molar-refractivity contribution >= 4 is 12.1 Å². The van der Waals surface area contributed by atoms with Crippen molar-refractivity contribution in [2.45, 2.75) is 56.7 Å². The number of halogens is 4. The van der Waals surface area contributed by atoms with E-state index in [1.165, 1.54) is 12.4 Å². The number of nitrogens with one attached hydrogen (secondary N) is 1. The molecule has 1 aliphatic heterocycles. The summed E-state index contributed by atoms with van der Waals surface area (Å²) in [4.78, 5) is 25.4. The number of alkyl halides is 3. The van der Waals surface area contributed by atoms with E-state index in [1.54, 1.807) is 0 Å². The van der Waals surface area contributed by atoms with E-state index in [2.05, 4.69) is 36.7 Å². The van der Waals surface area contributed by atoms with Gasteiger partial charge in [0.2, 0.25) is 0 Å². The van der Waals surface area contributed by atoms with Gasteiger partial charge in [0.25, 0.3) is 0 Å². The van der Waals surface area contributed by atoms with Crippen molar-refractivity contribution in [3.63, 3.8) is 0 Å². The average molecular weight is 538 g/mol. The number of nitrogens with zero attached hydrogens (tertiary/aromatic N) is 4. The predicted octanol–water partition coefficient (Wildman–Crippen LogP) is 3.49. The number of ether oxygens (including phenoxy) is 1. The van der Waals surface area contributed by atoms with Gasteiger partial charge in [0.1, 0.15) is 18.4 Å². The molecular weight excluding hydrogens is 506 g/mol. The van der Waals surface area contributed by atoms with Crippen molar-refractivity contribution in [1.29, 1.82) is 0 Å². The van der Waals surface area contributed by atoms with Crippen LogP contribution in [0.5, 0.6) is 5.75 Å². The lowest BCUT2D eigenvalue weighted by atomic mass is 9.95. The van der Waals surface area contributed by atoms with E-state index in [0.717, 1.165) is 42.6 Å². The standard InChI is InChI=1S/C26H31F4N5O3/c1-15-10-20(37)23-22(15)25(33-14-32-23)35-8-6-34(7-9-35)24(31-12-16-2-3-16)18(13-36)17-4-5-21(19(27)11-17)38-26(28,29)30/h4-5,11,13-16,18,20,24,31,37H,2-3,6-10,12H2,1H3/t15-,18?,20-,24?/m1/s1. The van der Waals surface area contributed by atoms with E-state index in [-0.39, 0.29) is 11.5 Å². The molecule has 12 heteroatoms. The van der Waals surface area contributed by atoms with E-state index in [0.29, 0.717) is 50.8 Å². The van der Waals surface area contributed by atoms with Gasteiger partial charge in [-0.3, -0.25) is 4.90 Å². The van der Waals surface area contributed by atoms with Crippen molar-refractivity contribution < 1.29 is 32.2 Å². The van der Waals surface area contributed by atoms with Gasteiger partial charge in [0.15, 0.2) is 11.6 Å². The number of aromatic nitrogens is 2. The summed E-state index contributed by atoms with van der Waals surface area (Å²) in [5.41, 5.74) is 1.92. The number of piperazine rings is 1. The molecule has 2 fully saturated rings. The van der Waals surface area contributed by atoms with Crippen molar-refractivity contribution in [3.8, 4) is 5.75 Å². The molecule has 1 aromatic carbocycles. The number of anilines is 1. The monoisotopic (exact) mass is 537 g/mol. The van der Waals surface area contributed by atoms with E-state index in [9.17, 15) is 27.5 Å². The fraction of sp³-hybridized carbons (Fsp3) is 0.577. The first-order valence-electron chi connectivity index (χ1n) is 12.9. The molecule has 2 heterocycles. The lowest BCUT2D eigenvalue weighted by Gasteiger charge is -2.42. The number of aliphatic hydroxyl groups excluding tert-OH is 1. The minimum Gasteiger partial charge on any atom is -0.403 e. The van der Waals surface area contributed by atoms with Crippen LogP contribution in [-0.4, -0.2) is 71.5 Å². The molecule has 1 aromatic heterocycles. The maximum absolute atomic E-state index is 14.5. The fourth-order valence-electron chi connectivity index (χ4n) is 5.53. The summed E-state index contributed by atoms with van der Waals surface area (Å²) in [5.74, 6) is -1.43. The molecule has 1 saturated heterocycles. The highest BCUT2D eigenvalue weighted by Gasteiger charge is 2.37. The number of hydrogen-bond donors (Lipinski definition) is 2. The number of benzene rings is 1. The molecule has 2 N–H and O–H groups in total. The smallest absolute Gasteiger partial charge is 0.403 e. The largest absolute Gasteiger partial charge is 0.573 e. The Hall–Kier alpha value is -2.83. The van der Waals surface area contributed by atoms with Gasteiger partial charge in [0.05, 0.1) is 23.9 Å². The highest BCUT2D eigenvalue weighted by molar-refractivity contribution is 5.64. The second-order valence-electron chi connectivity index (χ2n) is 10.4. The lowest BCUT2D eigenvalue weighted by molar-refractivity contribution is -0.275. The normalized spacial score (nSPS) is 23.7. The summed E-state index contributed by atoms with van der Waals surface area (Å²) in [7, 11) is 0. The molecule has 2 aromatic rings. The van der Waals surface area contributed by atoms with Crippen molar-refractivity contribution in [2.75, 3.05) is 37.6 Å². The van der Waals surface area contributed by atoms with Crippen LogP contribution in [0.15, 0.2) is 24.5 Å². The summed E-state index contributed by atoms with van der Waals surface area (Å²) >= 11 is 0. The number of aliphatic hydroxyl groups is 1. The molecule has 0 radical (unpaired) electrons. The van der Waals surface area contributed by atoms with E-state index < -0.39 is 36.1 Å². The van der Waals surface area contributed by atoms with Crippen molar-refractivity contribution in [1.82, 2.24) is 20.2 Å². The number of fused-ring (bicyclic) bond motifs is 1. The topological polar surface area (TPSA) is 90.8 Å². The number of aldehydes is 1. The third-order valence-electron chi connectivity index (χ3n) is 7.65. The Morgan fingerprint density at radius 1 is 1.21 bits per heavy atom. The predicted molar refractivity (Wildman–Crippen MR) is 130 cm³/mol. The van der Waals surface area contributed by atoms with E-state index >= 15 is 0 Å². The molecule has 206 valence electrons. The molecule has 0 spiro atoms. The van der Waals surface area contributed by atoms with Crippen LogP contribution >= 0.6 is 0 Å². The molecule has 2 unspecified atom stereocenters. The van der Waals surface area contributed by atoms with Crippen LogP contribution in [0.1, 0.15) is 60.9 Å². The van der Waals surface area contributed by atoms with Gasteiger partial charge < -0.3 is 24.9 Å². The van der Waals surface area contributed by atoms with Gasteiger partial charge in [-0.2, -0.15) is 0 Å². The first-order chi connectivity index (χ1) is 18.1. The van der Waals surface area contributed by atoms with Crippen molar-refractivity contribution in [2.24, 2.45) is 5.92 Å². The first kappa shape index (κ1) is 26.8. The summed E-state index contributed by atoms with van der Waals surface area (Å²) in [5, 5.41) is 13.8. The van der Waals surface area contributed by atoms with Crippen LogP contribution in [0.3, 0.4) is 0 Å². The number of carbonyl (C=O) groups excluding carboxylic acids is 1. The molecule has 8 nitrogen and oxygen atoms in total. The average Bonchev–Trinajstić information content (AvgIpc) is 3.66. The molecule has 38 heavy (non-hydrogen) atoms. The maximum Gasteiger partial charge on any atom is 0.573 e. The van der Waals surface area contributed by atoms with Gasteiger partial charge in [-0.05, 0) is 55.3 Å². The van der Waals surface area contributed by atoms with Crippen LogP contribution in [0.25, 0.3) is 0 Å². The Balaban J connectivity index is 1.33. The highest BCUT2D eigenvalue weighted by atomic mass is 19.4. The first-order valence-corrected chi connectivity index (χ1v) is 12.9. The number of rotatable bonds is 9. The molecule has 0 bridgehead atoms. The number of carbonyl (C=O) groups is 1. The number of hydrogen-bond acceptors (Lipinski definition) is 8. The maximum atomic E-state index is 14.5. The van der Waals surface area contributed by atoms with Crippen molar-refractivity contribution in [3.05, 3.63) is 47.2 Å². The molecule has 5 rings (SSSR count). The van der Waals surface area contributed by atoms with E-state index in [1.807, 2.05) is 0 Å². The second-order valence-corrected chi connectivity index (χ2v) is 10.4. The van der Waals surface area contributed by atoms with Gasteiger partial charge >= 0.3 is 6.36 Å². The van der Waals surface area contributed by atoms with Crippen LogP contribution in [-0.2, 0) is 4.79 Å². The second kappa shape index (κ2) is 10.7. The zero-order valence-electron chi connectivity index (χ0n) is 21.0. The summed E-state index contributed by atoms with van der Waals surface area (Å²) in [6.07, 6.45) is -1.07. The van der Waals surface area contributed by atoms with Gasteiger partial charge in [0, 0.05) is 31.7 Å². The lowest BCUT2D eigenvalue weighted by Crippen LogP contribution is -2.57. The summed E-state index contributed by atoms with van der Waals surface area (Å²) < 4.78 is 56.0. The van der Waals surface area contributed by atoms with Crippen LogP contribution < -0.4 is 15.0 Å². The van der Waals surface area contributed by atoms with Gasteiger partial charge in [-0.1, -0.05) is 13.0 Å². The molecular formula is C26H31F4N5O3. The zero-order chi connectivity index (χ0) is 27.0. The third kappa shape index (κ3) is 5.76. The molecule has 3 aliphatic rings. The zero-order valence-corrected chi connectivity index (χ0v) is 21.0. The molecule has 0 amide bonds. The Bertz CT molecular complexity index is 1150.